The van der Waals surface area contributed by atoms with E-state index >= 15 is 0 Å². The minimum absolute atomic E-state index is 0.00943. The molecule has 5 amide bonds. The third-order valence-corrected chi connectivity index (χ3v) is 15.8. The number of imide groups is 2. The smallest absolute Gasteiger partial charge is 0.262 e. The van der Waals surface area contributed by atoms with Crippen LogP contribution in [-0.2, 0) is 16.1 Å². The minimum Gasteiger partial charge on any atom is -0.489 e. The second kappa shape index (κ2) is 15.5. The Bertz CT molecular complexity index is 2600. The first-order chi connectivity index (χ1) is 30.6. The van der Waals surface area contributed by atoms with Crippen LogP contribution < -0.4 is 15.0 Å². The minimum atomic E-state index is -0.969. The fraction of sp³-hybridized carbons (Fsp3) is 0.500. The highest BCUT2D eigenvalue weighted by Gasteiger charge is 2.67. The number of nitrogens with zero attached hydrogens (tertiary/aromatic N) is 6. The zero-order valence-electron chi connectivity index (χ0n) is 36.7. The summed E-state index contributed by atoms with van der Waals surface area (Å²) >= 11 is 6.31. The average Bonchev–Trinajstić information content (AvgIpc) is 3.70. The molecule has 0 radical (unpaired) electrons. The molecule has 1 atom stereocenters. The fourth-order valence-electron chi connectivity index (χ4n) is 12.5. The Labute approximate surface area is 378 Å². The molecule has 6 heterocycles. The molecule has 2 saturated carbocycles. The first-order valence-electron chi connectivity index (χ1n) is 22.6. The number of rotatable bonds is 6. The Morgan fingerprint density at radius 1 is 0.844 bits per heavy atom. The van der Waals surface area contributed by atoms with Crippen LogP contribution in [0.2, 0.25) is 5.02 Å². The molecule has 1 spiro atoms. The van der Waals surface area contributed by atoms with Gasteiger partial charge >= 0.3 is 0 Å². The third kappa shape index (κ3) is 6.94. The van der Waals surface area contributed by atoms with E-state index < -0.39 is 23.8 Å². The molecule has 2 aromatic carbocycles. The summed E-state index contributed by atoms with van der Waals surface area (Å²) < 4.78 is 6.49. The van der Waals surface area contributed by atoms with Gasteiger partial charge in [-0.3, -0.25) is 39.1 Å². The average molecular weight is 882 g/mol. The highest BCUT2D eigenvalue weighted by atomic mass is 35.5. The lowest BCUT2D eigenvalue weighted by Crippen LogP contribution is -2.74. The first-order valence-corrected chi connectivity index (χ1v) is 23.0. The number of likely N-dealkylation sites (tertiary alicyclic amines) is 1. The SMILES string of the molecule is [C-]#[N+]c1ccc(OC2C(C)(C)C(N3Cc4nc(C#CC5CCC(N6CC7(CCN(c8ccc9c(c8)C(=O)N(C8CCC(=O)NC8=O)C9=O)CC7)C6)CC5)ccc4C3=O)C2(C)C)cc1Cl. The van der Waals surface area contributed by atoms with Gasteiger partial charge in [0.15, 0.2) is 0 Å². The quantitative estimate of drug-likeness (QED) is 0.157. The largest absolute Gasteiger partial charge is 0.489 e. The summed E-state index contributed by atoms with van der Waals surface area (Å²) in [6.45, 7) is 20.2. The number of anilines is 1. The molecule has 14 heteroatoms. The summed E-state index contributed by atoms with van der Waals surface area (Å²) in [4.78, 5) is 80.9. The second-order valence-corrected chi connectivity index (χ2v) is 20.6. The van der Waals surface area contributed by atoms with Crippen molar-refractivity contribution in [3.63, 3.8) is 0 Å². The molecule has 0 bridgehead atoms. The molecular formula is C50H52ClN7O6. The van der Waals surface area contributed by atoms with Gasteiger partial charge in [-0.1, -0.05) is 51.3 Å². The van der Waals surface area contributed by atoms with E-state index in [0.29, 0.717) is 62.8 Å². The van der Waals surface area contributed by atoms with E-state index in [1.807, 2.05) is 23.1 Å². The summed E-state index contributed by atoms with van der Waals surface area (Å²) in [5.74, 6) is 5.86. The zero-order chi connectivity index (χ0) is 44.9. The molecule has 2 aliphatic carbocycles. The van der Waals surface area contributed by atoms with E-state index in [2.05, 4.69) is 59.5 Å². The molecule has 330 valence electrons. The lowest BCUT2D eigenvalue weighted by molar-refractivity contribution is -0.199. The predicted octanol–water partition coefficient (Wildman–Crippen LogP) is 7.04. The summed E-state index contributed by atoms with van der Waals surface area (Å²) in [5.41, 5.74) is 3.63. The van der Waals surface area contributed by atoms with Crippen LogP contribution in [-0.4, -0.2) is 99.6 Å². The Hall–Kier alpha value is -5.76. The van der Waals surface area contributed by atoms with Gasteiger partial charge in [-0.25, -0.2) is 9.83 Å². The predicted molar refractivity (Wildman–Crippen MR) is 239 cm³/mol. The highest BCUT2D eigenvalue weighted by molar-refractivity contribution is 6.33. The van der Waals surface area contributed by atoms with Crippen molar-refractivity contribution >= 4 is 52.5 Å². The number of nitrogens with one attached hydrogen (secondary N) is 1. The molecule has 7 aliphatic rings. The molecule has 5 fully saturated rings. The van der Waals surface area contributed by atoms with Crippen molar-refractivity contribution in [2.45, 2.75) is 110 Å². The van der Waals surface area contributed by atoms with Gasteiger partial charge in [0, 0.05) is 67.1 Å². The molecule has 1 unspecified atom stereocenters. The fourth-order valence-corrected chi connectivity index (χ4v) is 12.7. The number of ether oxygens (including phenoxy) is 1. The maximum Gasteiger partial charge on any atom is 0.262 e. The van der Waals surface area contributed by atoms with Gasteiger partial charge in [0.25, 0.3) is 17.7 Å². The normalized spacial score (nSPS) is 27.8. The molecule has 64 heavy (non-hydrogen) atoms. The lowest BCUT2D eigenvalue weighted by atomic mass is 9.49. The van der Waals surface area contributed by atoms with Crippen LogP contribution in [0.1, 0.15) is 122 Å². The van der Waals surface area contributed by atoms with Crippen molar-refractivity contribution < 1.29 is 28.7 Å². The van der Waals surface area contributed by atoms with Crippen LogP contribution in [0.15, 0.2) is 48.5 Å². The number of carbonyl (C=O) groups is 5. The number of piperidine rings is 2. The van der Waals surface area contributed by atoms with Crippen LogP contribution in [0.3, 0.4) is 0 Å². The molecule has 10 rings (SSSR count). The number of hydrogen-bond donors (Lipinski definition) is 1. The van der Waals surface area contributed by atoms with Gasteiger partial charge in [0.05, 0.1) is 40.5 Å². The number of pyridine rings is 1. The summed E-state index contributed by atoms with van der Waals surface area (Å²) in [6.07, 6.45) is 6.53. The maximum absolute atomic E-state index is 13.8. The highest BCUT2D eigenvalue weighted by Crippen LogP contribution is 2.59. The standard InChI is InChI=1S/C50H52ClN7O6/c1-48(2)46(49(3,4)47(48)64-33-14-17-38(52-5)37(51)25-33)57-26-39-35(43(57)61)15-10-30(53-39)9-6-29-7-11-31(12-8-29)56-27-50(28-56)20-22-55(23-21-50)32-13-16-34-36(24-32)45(63)58(44(34)62)40-18-19-41(59)54-42(40)60/h10,13-17,24-25,29,31,40,46-47H,7-8,11-12,18-23,26-28H2,1-4H3,(H,54,59,60). The van der Waals surface area contributed by atoms with E-state index in [9.17, 15) is 24.0 Å². The first kappa shape index (κ1) is 42.2. The zero-order valence-corrected chi connectivity index (χ0v) is 37.5. The second-order valence-electron chi connectivity index (χ2n) is 20.2. The van der Waals surface area contributed by atoms with Gasteiger partial charge in [0.2, 0.25) is 17.5 Å². The monoisotopic (exact) mass is 881 g/mol. The third-order valence-electron chi connectivity index (χ3n) is 15.5. The van der Waals surface area contributed by atoms with E-state index in [1.54, 1.807) is 30.3 Å². The van der Waals surface area contributed by atoms with Gasteiger partial charge in [-0.05, 0) is 98.7 Å². The maximum atomic E-state index is 13.8. The number of carbonyl (C=O) groups excluding carboxylic acids is 5. The van der Waals surface area contributed by atoms with E-state index in [0.717, 1.165) is 81.0 Å². The Morgan fingerprint density at radius 2 is 1.55 bits per heavy atom. The van der Waals surface area contributed by atoms with Gasteiger partial charge in [-0.2, -0.15) is 0 Å². The number of aromatic nitrogens is 1. The topological polar surface area (TPSA) is 137 Å². The summed E-state index contributed by atoms with van der Waals surface area (Å²) in [5, 5.41) is 2.62. The molecule has 1 N–H and O–H groups in total. The summed E-state index contributed by atoms with van der Waals surface area (Å²) in [7, 11) is 0. The molecule has 5 aliphatic heterocycles. The Kier molecular flexibility index (Phi) is 10.2. The van der Waals surface area contributed by atoms with Crippen molar-refractivity contribution in [2.24, 2.45) is 22.2 Å². The molecular weight excluding hydrogens is 830 g/mol. The lowest BCUT2D eigenvalue weighted by Gasteiger charge is -2.65. The van der Waals surface area contributed by atoms with Crippen LogP contribution in [0.5, 0.6) is 5.75 Å². The van der Waals surface area contributed by atoms with Gasteiger partial charge in [-0.15, -0.1) is 0 Å². The van der Waals surface area contributed by atoms with Gasteiger partial charge < -0.3 is 14.5 Å². The van der Waals surface area contributed by atoms with Crippen molar-refractivity contribution in [2.75, 3.05) is 31.1 Å². The number of halogens is 1. The van der Waals surface area contributed by atoms with E-state index in [1.165, 1.54) is 0 Å². The molecule has 1 aromatic heterocycles. The number of benzene rings is 2. The van der Waals surface area contributed by atoms with Crippen molar-refractivity contribution in [3.05, 3.63) is 93.0 Å². The van der Waals surface area contributed by atoms with Gasteiger partial charge in [0.1, 0.15) is 23.6 Å². The summed E-state index contributed by atoms with van der Waals surface area (Å²) in [6, 6.07) is 13.8. The van der Waals surface area contributed by atoms with Crippen LogP contribution in [0, 0.1) is 40.6 Å². The number of amides is 5. The van der Waals surface area contributed by atoms with Crippen molar-refractivity contribution in [1.29, 1.82) is 0 Å². The van der Waals surface area contributed by atoms with Crippen molar-refractivity contribution in [1.82, 2.24) is 25.0 Å². The van der Waals surface area contributed by atoms with Crippen LogP contribution in [0.25, 0.3) is 4.85 Å². The van der Waals surface area contributed by atoms with Crippen LogP contribution in [0.4, 0.5) is 11.4 Å². The molecule has 13 nitrogen and oxygen atoms in total. The molecule has 3 aromatic rings. The van der Waals surface area contributed by atoms with E-state index in [-0.39, 0.29) is 47.6 Å². The Morgan fingerprint density at radius 3 is 2.23 bits per heavy atom. The number of fused-ring (bicyclic) bond motifs is 2. The van der Waals surface area contributed by atoms with Crippen LogP contribution >= 0.6 is 11.6 Å². The van der Waals surface area contributed by atoms with E-state index in [4.69, 9.17) is 27.9 Å². The Balaban J connectivity index is 0.697. The van der Waals surface area contributed by atoms with Crippen molar-refractivity contribution in [3.8, 4) is 17.6 Å². The molecule has 3 saturated heterocycles. The number of hydrogen-bond acceptors (Lipinski definition) is 9.